The molecule has 1 fully saturated rings. The number of carbonyl (C=O) groups excluding carboxylic acids is 1. The van der Waals surface area contributed by atoms with E-state index in [1.807, 2.05) is 0 Å². The number of aliphatic hydroxyl groups is 1. The van der Waals surface area contributed by atoms with Gasteiger partial charge in [0.15, 0.2) is 18.1 Å². The summed E-state index contributed by atoms with van der Waals surface area (Å²) in [7, 11) is 0. The van der Waals surface area contributed by atoms with E-state index in [2.05, 4.69) is 4.98 Å². The molecule has 9 nitrogen and oxygen atoms in total. The highest BCUT2D eigenvalue weighted by Crippen LogP contribution is 2.41. The Bertz CT molecular complexity index is 666. The molecular formula is C14H20FN3O6. The average Bonchev–Trinajstić information content (AvgIpc) is 2.91. The zero-order valence-electron chi connectivity index (χ0n) is 13.4. The number of ether oxygens (including phenoxy) is 2. The summed E-state index contributed by atoms with van der Waals surface area (Å²) in [6.07, 6.45) is 1.02. The molecule has 0 aliphatic carbocycles. The van der Waals surface area contributed by atoms with Crippen molar-refractivity contribution in [3.8, 4) is 0 Å². The predicted molar refractivity (Wildman–Crippen MR) is 78.9 cm³/mol. The van der Waals surface area contributed by atoms with Gasteiger partial charge in [0, 0.05) is 19.0 Å². The molecule has 1 aliphatic rings. The van der Waals surface area contributed by atoms with E-state index in [4.69, 9.17) is 14.7 Å². The van der Waals surface area contributed by atoms with E-state index in [9.17, 15) is 19.1 Å². The van der Waals surface area contributed by atoms with Gasteiger partial charge in [0.2, 0.25) is 5.85 Å². The van der Waals surface area contributed by atoms with E-state index in [1.54, 1.807) is 19.3 Å². The van der Waals surface area contributed by atoms with Gasteiger partial charge in [0.05, 0.1) is 12.5 Å². The fourth-order valence-corrected chi connectivity index (χ4v) is 2.40. The molecule has 0 spiro atoms. The highest BCUT2D eigenvalue weighted by atomic mass is 19.2. The van der Waals surface area contributed by atoms with E-state index in [-0.39, 0.29) is 18.7 Å². The predicted octanol–water partition coefficient (Wildman–Crippen LogP) is 0.365. The van der Waals surface area contributed by atoms with Crippen LogP contribution in [0.15, 0.2) is 17.1 Å². The molecule has 1 aromatic rings. The van der Waals surface area contributed by atoms with Gasteiger partial charge in [0.25, 0.3) is 0 Å². The summed E-state index contributed by atoms with van der Waals surface area (Å²) in [6, 6.07) is 1.26. The number of carbonyl (C=O) groups is 1. The van der Waals surface area contributed by atoms with Crippen LogP contribution in [0.3, 0.4) is 0 Å². The molecule has 0 saturated carbocycles. The van der Waals surface area contributed by atoms with E-state index in [1.165, 1.54) is 12.3 Å². The zero-order valence-corrected chi connectivity index (χ0v) is 13.4. The van der Waals surface area contributed by atoms with Gasteiger partial charge in [-0.25, -0.2) is 9.18 Å². The second-order valence-electron chi connectivity index (χ2n) is 5.93. The van der Waals surface area contributed by atoms with Crippen molar-refractivity contribution >= 4 is 11.8 Å². The standard InChI is InChI=1S/C14H20FN3O6/c1-9(2)11(20)23-8-13(15)4-5-14(7-19,24-13)18-6-3-10(17-22)16-12(18)21/h3,6,9,19,22H,4-5,7-8H2,1-2H3,(H,16,17,21)/t13-,14-/m0/s1. The second-order valence-corrected chi connectivity index (χ2v) is 5.93. The third-order valence-corrected chi connectivity index (χ3v) is 3.77. The summed E-state index contributed by atoms with van der Waals surface area (Å²) in [5.74, 6) is -3.40. The molecule has 10 heteroatoms. The van der Waals surface area contributed by atoms with Gasteiger partial charge in [-0.3, -0.25) is 20.0 Å². The second kappa shape index (κ2) is 6.83. The highest BCUT2D eigenvalue weighted by Gasteiger charge is 2.52. The quantitative estimate of drug-likeness (QED) is 0.499. The lowest BCUT2D eigenvalue weighted by atomic mass is 10.1. The molecule has 0 amide bonds. The Kier molecular flexibility index (Phi) is 5.21. The number of esters is 1. The number of alkyl halides is 1. The van der Waals surface area contributed by atoms with Crippen LogP contribution in [0.5, 0.6) is 0 Å². The molecule has 24 heavy (non-hydrogen) atoms. The lowest BCUT2D eigenvalue weighted by molar-refractivity contribution is -0.241. The van der Waals surface area contributed by atoms with Crippen LogP contribution < -0.4 is 11.2 Å². The van der Waals surface area contributed by atoms with Gasteiger partial charge in [0.1, 0.15) is 0 Å². The topological polar surface area (TPSA) is 123 Å². The van der Waals surface area contributed by atoms with Crippen LogP contribution in [-0.4, -0.2) is 44.9 Å². The molecule has 134 valence electrons. The smallest absolute Gasteiger partial charge is 0.352 e. The Balaban J connectivity index is 2.20. The third-order valence-electron chi connectivity index (χ3n) is 3.77. The van der Waals surface area contributed by atoms with Crippen LogP contribution in [0.2, 0.25) is 0 Å². The summed E-state index contributed by atoms with van der Waals surface area (Å²) in [4.78, 5) is 27.0. The molecule has 0 unspecified atom stereocenters. The van der Waals surface area contributed by atoms with Gasteiger partial charge in [-0.2, -0.15) is 4.98 Å². The largest absolute Gasteiger partial charge is 0.459 e. The summed E-state index contributed by atoms with van der Waals surface area (Å²) in [6.45, 7) is 1.92. The summed E-state index contributed by atoms with van der Waals surface area (Å²) in [5.41, 5.74) is -0.781. The van der Waals surface area contributed by atoms with Crippen molar-refractivity contribution in [3.05, 3.63) is 22.7 Å². The van der Waals surface area contributed by atoms with Gasteiger partial charge >= 0.3 is 11.7 Å². The van der Waals surface area contributed by atoms with Gasteiger partial charge in [-0.15, -0.1) is 0 Å². The van der Waals surface area contributed by atoms with Gasteiger partial charge < -0.3 is 14.6 Å². The Labute approximate surface area is 137 Å². The molecule has 1 aromatic heterocycles. The Morgan fingerprint density at radius 3 is 2.83 bits per heavy atom. The summed E-state index contributed by atoms with van der Waals surface area (Å²) < 4.78 is 25.9. The normalized spacial score (nSPS) is 26.6. The van der Waals surface area contributed by atoms with Crippen molar-refractivity contribution in [2.24, 2.45) is 5.92 Å². The van der Waals surface area contributed by atoms with E-state index < -0.39 is 42.4 Å². The SMILES string of the molecule is CC(C)C(=O)OC[C@]1(F)CC[C@](CO)(n2ccc(NO)nc2=O)O1. The summed E-state index contributed by atoms with van der Waals surface area (Å²) in [5, 5.41) is 18.4. The number of nitrogens with zero attached hydrogens (tertiary/aromatic N) is 2. The number of hydrogen-bond donors (Lipinski definition) is 3. The molecule has 0 bridgehead atoms. The third kappa shape index (κ3) is 3.55. The number of anilines is 1. The van der Waals surface area contributed by atoms with E-state index >= 15 is 0 Å². The van der Waals surface area contributed by atoms with Crippen LogP contribution in [0.1, 0.15) is 26.7 Å². The van der Waals surface area contributed by atoms with E-state index in [0.717, 1.165) is 4.57 Å². The Morgan fingerprint density at radius 1 is 1.58 bits per heavy atom. The van der Waals surface area contributed by atoms with Crippen LogP contribution in [-0.2, 0) is 20.0 Å². The average molecular weight is 345 g/mol. The maximum Gasteiger partial charge on any atom is 0.352 e. The van der Waals surface area contributed by atoms with Crippen LogP contribution >= 0.6 is 0 Å². The molecule has 1 saturated heterocycles. The van der Waals surface area contributed by atoms with Gasteiger partial charge in [-0.1, -0.05) is 13.8 Å². The summed E-state index contributed by atoms with van der Waals surface area (Å²) >= 11 is 0. The van der Waals surface area contributed by atoms with Gasteiger partial charge in [-0.05, 0) is 6.07 Å². The molecule has 2 rings (SSSR count). The van der Waals surface area contributed by atoms with Crippen LogP contribution in [0.25, 0.3) is 0 Å². The molecule has 3 N–H and O–H groups in total. The first-order valence-electron chi connectivity index (χ1n) is 7.42. The van der Waals surface area contributed by atoms with Crippen molar-refractivity contribution in [1.82, 2.24) is 9.55 Å². The van der Waals surface area contributed by atoms with Crippen molar-refractivity contribution in [3.63, 3.8) is 0 Å². The minimum Gasteiger partial charge on any atom is -0.459 e. The number of rotatable bonds is 6. The monoisotopic (exact) mass is 345 g/mol. The minimum atomic E-state index is -2.32. The van der Waals surface area contributed by atoms with Crippen molar-refractivity contribution < 1.29 is 29.0 Å². The molecule has 2 atom stereocenters. The number of aliphatic hydroxyl groups excluding tert-OH is 1. The lowest BCUT2D eigenvalue weighted by Gasteiger charge is -2.30. The first-order valence-corrected chi connectivity index (χ1v) is 7.42. The molecule has 1 aliphatic heterocycles. The first kappa shape index (κ1) is 18.3. The number of aromatic nitrogens is 2. The van der Waals surface area contributed by atoms with Crippen molar-refractivity contribution in [1.29, 1.82) is 0 Å². The lowest BCUT2D eigenvalue weighted by Crippen LogP contribution is -2.47. The fraction of sp³-hybridized carbons (Fsp3) is 0.643. The molecule has 2 heterocycles. The molecule has 0 aromatic carbocycles. The minimum absolute atomic E-state index is 0.0211. The van der Waals surface area contributed by atoms with Crippen LogP contribution in [0, 0.1) is 5.92 Å². The highest BCUT2D eigenvalue weighted by molar-refractivity contribution is 5.71. The van der Waals surface area contributed by atoms with E-state index in [0.29, 0.717) is 0 Å². The number of halogens is 1. The Hall–Kier alpha value is -2.04. The van der Waals surface area contributed by atoms with Crippen LogP contribution in [0.4, 0.5) is 10.2 Å². The molecular weight excluding hydrogens is 325 g/mol. The van der Waals surface area contributed by atoms with Crippen molar-refractivity contribution in [2.75, 3.05) is 18.7 Å². The maximum atomic E-state index is 14.8. The first-order chi connectivity index (χ1) is 11.2. The van der Waals surface area contributed by atoms with Crippen molar-refractivity contribution in [2.45, 2.75) is 38.3 Å². The number of hydrogen-bond acceptors (Lipinski definition) is 8. The zero-order chi connectivity index (χ0) is 18.0. The Morgan fingerprint density at radius 2 is 2.29 bits per heavy atom. The number of nitrogens with one attached hydrogen (secondary N) is 1. The fourth-order valence-electron chi connectivity index (χ4n) is 2.40. The maximum absolute atomic E-state index is 14.8. The molecule has 0 radical (unpaired) electrons.